The number of aliphatic hydroxyl groups is 1. The molecule has 58 valence electrons. The second-order valence-electron chi connectivity index (χ2n) is 2.90. The van der Waals surface area contributed by atoms with E-state index in [2.05, 4.69) is 0 Å². The van der Waals surface area contributed by atoms with Crippen LogP contribution in [0.3, 0.4) is 0 Å². The summed E-state index contributed by atoms with van der Waals surface area (Å²) in [7, 11) is 0. The minimum Gasteiger partial charge on any atom is -0.508 e. The summed E-state index contributed by atoms with van der Waals surface area (Å²) in [6, 6.07) is 5.38. The fourth-order valence-electron chi connectivity index (χ4n) is 1.64. The number of phenolic OH excluding ortho intramolecular Hbond substituents is 1. The zero-order valence-electron chi connectivity index (χ0n) is 6.12. The highest BCUT2D eigenvalue weighted by Crippen LogP contribution is 2.36. The van der Waals surface area contributed by atoms with E-state index in [1.54, 1.807) is 6.07 Å². The fourth-order valence-corrected chi connectivity index (χ4v) is 1.64. The van der Waals surface area contributed by atoms with Crippen LogP contribution in [0.2, 0.25) is 0 Å². The van der Waals surface area contributed by atoms with Crippen molar-refractivity contribution in [2.75, 3.05) is 0 Å². The van der Waals surface area contributed by atoms with Gasteiger partial charge in [-0.2, -0.15) is 0 Å². The molecule has 0 heterocycles. The van der Waals surface area contributed by atoms with E-state index in [1.807, 2.05) is 12.1 Å². The molecule has 1 aliphatic rings. The van der Waals surface area contributed by atoms with Gasteiger partial charge in [0.05, 0.1) is 6.10 Å². The maximum Gasteiger partial charge on any atom is 0.121 e. The van der Waals surface area contributed by atoms with Gasteiger partial charge in [0.2, 0.25) is 0 Å². The van der Waals surface area contributed by atoms with Crippen molar-refractivity contribution < 1.29 is 10.2 Å². The summed E-state index contributed by atoms with van der Waals surface area (Å²) in [5.41, 5.74) is 1.81. The number of phenols is 1. The van der Waals surface area contributed by atoms with Crippen LogP contribution in [0.5, 0.6) is 5.75 Å². The van der Waals surface area contributed by atoms with E-state index in [-0.39, 0.29) is 5.75 Å². The number of aromatic hydroxyl groups is 1. The molecule has 0 spiro atoms. The first-order chi connectivity index (χ1) is 5.29. The van der Waals surface area contributed by atoms with Crippen LogP contribution < -0.4 is 0 Å². The van der Waals surface area contributed by atoms with Crippen molar-refractivity contribution in [1.82, 2.24) is 0 Å². The number of rotatable bonds is 0. The minimum atomic E-state index is -0.453. The molecule has 0 amide bonds. The summed E-state index contributed by atoms with van der Waals surface area (Å²) < 4.78 is 0. The molecule has 2 heteroatoms. The zero-order chi connectivity index (χ0) is 7.84. The molecule has 0 saturated heterocycles. The summed E-state index contributed by atoms with van der Waals surface area (Å²) in [5, 5.41) is 18.7. The number of aliphatic hydroxyl groups excluding tert-OH is 1. The molecular formula is C9H10O2. The summed E-state index contributed by atoms with van der Waals surface area (Å²) in [6.45, 7) is 0. The van der Waals surface area contributed by atoms with Gasteiger partial charge >= 0.3 is 0 Å². The smallest absolute Gasteiger partial charge is 0.121 e. The van der Waals surface area contributed by atoms with Gasteiger partial charge in [-0.3, -0.25) is 0 Å². The molecule has 1 aromatic rings. The van der Waals surface area contributed by atoms with Crippen molar-refractivity contribution in [3.05, 3.63) is 29.3 Å². The monoisotopic (exact) mass is 150 g/mol. The Bertz CT molecular complexity index is 281. The lowest BCUT2D eigenvalue weighted by Crippen LogP contribution is -1.89. The van der Waals surface area contributed by atoms with Crippen molar-refractivity contribution in [2.45, 2.75) is 18.9 Å². The Morgan fingerprint density at radius 2 is 2.18 bits per heavy atom. The highest BCUT2D eigenvalue weighted by molar-refractivity contribution is 5.43. The summed E-state index contributed by atoms with van der Waals surface area (Å²) >= 11 is 0. The van der Waals surface area contributed by atoms with Crippen molar-refractivity contribution >= 4 is 0 Å². The Morgan fingerprint density at radius 3 is 2.91 bits per heavy atom. The topological polar surface area (TPSA) is 40.5 Å². The molecule has 0 saturated carbocycles. The SMILES string of the molecule is Oc1cccc2c1[C@@H](O)CC2. The number of aryl methyl sites for hydroxylation is 1. The Balaban J connectivity index is 2.58. The maximum atomic E-state index is 9.40. The molecule has 0 radical (unpaired) electrons. The molecule has 0 bridgehead atoms. The molecule has 0 unspecified atom stereocenters. The molecule has 2 rings (SSSR count). The quantitative estimate of drug-likeness (QED) is 0.586. The number of fused-ring (bicyclic) bond motifs is 1. The first-order valence-electron chi connectivity index (χ1n) is 3.78. The van der Waals surface area contributed by atoms with Crippen molar-refractivity contribution in [2.24, 2.45) is 0 Å². The molecule has 1 atom stereocenters. The lowest BCUT2D eigenvalue weighted by Gasteiger charge is -2.04. The van der Waals surface area contributed by atoms with Crippen LogP contribution in [0.4, 0.5) is 0 Å². The van der Waals surface area contributed by atoms with Crippen LogP contribution in [-0.4, -0.2) is 10.2 Å². The predicted molar refractivity (Wildman–Crippen MR) is 41.4 cm³/mol. The highest BCUT2D eigenvalue weighted by Gasteiger charge is 2.22. The van der Waals surface area contributed by atoms with E-state index in [0.717, 1.165) is 24.0 Å². The lowest BCUT2D eigenvalue weighted by molar-refractivity contribution is 0.176. The molecule has 0 fully saturated rings. The first kappa shape index (κ1) is 6.68. The second kappa shape index (κ2) is 2.24. The van der Waals surface area contributed by atoms with E-state index in [1.165, 1.54) is 0 Å². The summed E-state index contributed by atoms with van der Waals surface area (Å²) in [5.74, 6) is 0.229. The van der Waals surface area contributed by atoms with E-state index in [0.29, 0.717) is 0 Å². The van der Waals surface area contributed by atoms with Crippen LogP contribution in [0.1, 0.15) is 23.7 Å². The summed E-state index contributed by atoms with van der Waals surface area (Å²) in [4.78, 5) is 0. The Labute approximate surface area is 65.1 Å². The van der Waals surface area contributed by atoms with Gasteiger partial charge in [0, 0.05) is 5.56 Å². The predicted octanol–water partition coefficient (Wildman–Crippen LogP) is 1.37. The standard InChI is InChI=1S/C9H10O2/c10-7-3-1-2-6-4-5-8(11)9(6)7/h1-3,8,10-11H,4-5H2/t8-/m0/s1. The normalized spacial score (nSPS) is 21.7. The van der Waals surface area contributed by atoms with Crippen LogP contribution >= 0.6 is 0 Å². The van der Waals surface area contributed by atoms with Gasteiger partial charge in [-0.1, -0.05) is 12.1 Å². The van der Waals surface area contributed by atoms with Crippen LogP contribution in [0, 0.1) is 0 Å². The molecule has 1 aliphatic carbocycles. The van der Waals surface area contributed by atoms with Gasteiger partial charge in [-0.25, -0.2) is 0 Å². The third-order valence-corrected chi connectivity index (χ3v) is 2.19. The average Bonchev–Trinajstić information content (AvgIpc) is 2.34. The van der Waals surface area contributed by atoms with Crippen molar-refractivity contribution in [1.29, 1.82) is 0 Å². The van der Waals surface area contributed by atoms with E-state index < -0.39 is 6.10 Å². The number of benzene rings is 1. The maximum absolute atomic E-state index is 9.40. The van der Waals surface area contributed by atoms with Crippen molar-refractivity contribution in [3.63, 3.8) is 0 Å². The summed E-state index contributed by atoms with van der Waals surface area (Å²) in [6.07, 6.45) is 1.17. The molecule has 11 heavy (non-hydrogen) atoms. The van der Waals surface area contributed by atoms with Gasteiger partial charge < -0.3 is 10.2 Å². The molecule has 0 aromatic heterocycles. The van der Waals surface area contributed by atoms with Crippen LogP contribution in [-0.2, 0) is 6.42 Å². The lowest BCUT2D eigenvalue weighted by atomic mass is 10.1. The molecule has 2 nitrogen and oxygen atoms in total. The van der Waals surface area contributed by atoms with Crippen LogP contribution in [0.25, 0.3) is 0 Å². The zero-order valence-corrected chi connectivity index (χ0v) is 6.12. The van der Waals surface area contributed by atoms with Gasteiger partial charge in [-0.05, 0) is 24.5 Å². The minimum absolute atomic E-state index is 0.229. The van der Waals surface area contributed by atoms with Crippen molar-refractivity contribution in [3.8, 4) is 5.75 Å². The molecular weight excluding hydrogens is 140 g/mol. The van der Waals surface area contributed by atoms with Gasteiger partial charge in [0.25, 0.3) is 0 Å². The third-order valence-electron chi connectivity index (χ3n) is 2.19. The second-order valence-corrected chi connectivity index (χ2v) is 2.90. The molecule has 0 aliphatic heterocycles. The Hall–Kier alpha value is -1.02. The first-order valence-corrected chi connectivity index (χ1v) is 3.78. The average molecular weight is 150 g/mol. The largest absolute Gasteiger partial charge is 0.508 e. The molecule has 2 N–H and O–H groups in total. The third kappa shape index (κ3) is 0.906. The number of hydrogen-bond acceptors (Lipinski definition) is 2. The van der Waals surface area contributed by atoms with E-state index >= 15 is 0 Å². The van der Waals surface area contributed by atoms with E-state index in [9.17, 15) is 10.2 Å². The van der Waals surface area contributed by atoms with Gasteiger partial charge in [0.1, 0.15) is 5.75 Å². The highest BCUT2D eigenvalue weighted by atomic mass is 16.3. The van der Waals surface area contributed by atoms with Crippen LogP contribution in [0.15, 0.2) is 18.2 Å². The molecule has 1 aromatic carbocycles. The van der Waals surface area contributed by atoms with E-state index in [4.69, 9.17) is 0 Å². The fraction of sp³-hybridized carbons (Fsp3) is 0.333. The van der Waals surface area contributed by atoms with Gasteiger partial charge in [-0.15, -0.1) is 0 Å². The Kier molecular flexibility index (Phi) is 1.36. The van der Waals surface area contributed by atoms with Gasteiger partial charge in [0.15, 0.2) is 0 Å². The number of hydrogen-bond donors (Lipinski definition) is 2. The Morgan fingerprint density at radius 1 is 1.36 bits per heavy atom.